The summed E-state index contributed by atoms with van der Waals surface area (Å²) in [6.45, 7) is 16.5. The summed E-state index contributed by atoms with van der Waals surface area (Å²) < 4.78 is 15.2. The molecule has 3 heteroatoms. The van der Waals surface area contributed by atoms with Gasteiger partial charge in [-0.25, -0.2) is 4.39 Å². The summed E-state index contributed by atoms with van der Waals surface area (Å²) in [5, 5.41) is 20.3. The smallest absolute Gasteiger partial charge is 0.113 e. The highest BCUT2D eigenvalue weighted by atomic mass is 19.1. The Hall–Kier alpha value is -0.930. The van der Waals surface area contributed by atoms with Gasteiger partial charge in [-0.3, -0.25) is 0 Å². The van der Waals surface area contributed by atoms with Crippen LogP contribution in [0.5, 0.6) is 0 Å². The highest BCUT2D eigenvalue weighted by molar-refractivity contribution is 5.29. The lowest BCUT2D eigenvalue weighted by Gasteiger charge is -2.45. The van der Waals surface area contributed by atoms with Gasteiger partial charge >= 0.3 is 0 Å². The van der Waals surface area contributed by atoms with Crippen LogP contribution in [-0.4, -0.2) is 28.1 Å². The molecular weight excluding hydrogens is 399 g/mol. The number of hydrogen-bond acceptors (Lipinski definition) is 2. The summed E-state index contributed by atoms with van der Waals surface area (Å²) in [6.07, 6.45) is 12.1. The van der Waals surface area contributed by atoms with Crippen molar-refractivity contribution in [2.45, 2.75) is 117 Å². The lowest BCUT2D eigenvalue weighted by Crippen LogP contribution is -2.38. The first kappa shape index (κ1) is 25.7. The Morgan fingerprint density at radius 2 is 1.75 bits per heavy atom. The molecule has 3 rings (SSSR count). The molecule has 3 unspecified atom stereocenters. The highest BCUT2D eigenvalue weighted by Gasteiger charge is 2.51. The Kier molecular flexibility index (Phi) is 7.52. The van der Waals surface area contributed by atoms with Crippen LogP contribution >= 0.6 is 0 Å². The zero-order chi connectivity index (χ0) is 23.9. The van der Waals surface area contributed by atoms with E-state index in [1.54, 1.807) is 12.5 Å². The quantitative estimate of drug-likeness (QED) is 0.434. The van der Waals surface area contributed by atoms with Gasteiger partial charge in [0.25, 0.3) is 0 Å². The van der Waals surface area contributed by atoms with Crippen LogP contribution in [0.4, 0.5) is 4.39 Å². The lowest BCUT2D eigenvalue weighted by atomic mass is 9.60. The molecule has 0 heterocycles. The number of alkyl halides is 1. The Bertz CT molecular complexity index is 740. The number of aliphatic hydroxyl groups excluding tert-OH is 2. The van der Waals surface area contributed by atoms with E-state index in [4.69, 9.17) is 0 Å². The van der Waals surface area contributed by atoms with Crippen molar-refractivity contribution in [3.05, 3.63) is 35.5 Å². The highest BCUT2D eigenvalue weighted by Crippen LogP contribution is 2.60. The van der Waals surface area contributed by atoms with Crippen LogP contribution in [0.1, 0.15) is 99.3 Å². The van der Waals surface area contributed by atoms with E-state index in [0.717, 1.165) is 18.4 Å². The van der Waals surface area contributed by atoms with E-state index in [2.05, 4.69) is 32.6 Å². The predicted molar refractivity (Wildman–Crippen MR) is 132 cm³/mol. The van der Waals surface area contributed by atoms with E-state index in [0.29, 0.717) is 48.0 Å². The number of hydrogen-bond donors (Lipinski definition) is 2. The molecule has 0 amide bonds. The van der Waals surface area contributed by atoms with E-state index < -0.39 is 17.9 Å². The van der Waals surface area contributed by atoms with Crippen LogP contribution in [-0.2, 0) is 0 Å². The molecule has 32 heavy (non-hydrogen) atoms. The van der Waals surface area contributed by atoms with E-state index in [9.17, 15) is 10.2 Å². The fourth-order valence-corrected chi connectivity index (χ4v) is 6.71. The molecule has 0 bridgehead atoms. The van der Waals surface area contributed by atoms with Gasteiger partial charge in [0.2, 0.25) is 0 Å². The minimum Gasteiger partial charge on any atom is -0.388 e. The van der Waals surface area contributed by atoms with Crippen LogP contribution in [0, 0.1) is 28.6 Å². The lowest BCUT2D eigenvalue weighted by molar-refractivity contribution is 0.0228. The average molecular weight is 447 g/mol. The van der Waals surface area contributed by atoms with Crippen molar-refractivity contribution in [1.82, 2.24) is 0 Å². The maximum Gasteiger partial charge on any atom is 0.113 e. The topological polar surface area (TPSA) is 40.5 Å². The van der Waals surface area contributed by atoms with Gasteiger partial charge < -0.3 is 10.2 Å². The molecule has 3 aliphatic carbocycles. The molecule has 182 valence electrons. The number of fused-ring (bicyclic) bond motifs is 1. The summed E-state index contributed by atoms with van der Waals surface area (Å²) in [4.78, 5) is 0. The number of allylic oxidation sites excluding steroid dienone is 3. The van der Waals surface area contributed by atoms with E-state index in [1.165, 1.54) is 25.7 Å². The van der Waals surface area contributed by atoms with Crippen molar-refractivity contribution in [1.29, 1.82) is 0 Å². The SMILES string of the molecule is C=C1[C@H](O)CC(=C/C=C2\CCC[C@@]3(C)C2CCC3[C@H](C)CCC(C)(F)C(C)(C)C)C[C@H]1O. The van der Waals surface area contributed by atoms with Crippen LogP contribution in [0.15, 0.2) is 35.5 Å². The monoisotopic (exact) mass is 446 g/mol. The molecule has 2 nitrogen and oxygen atoms in total. The Labute approximate surface area is 196 Å². The second kappa shape index (κ2) is 9.37. The van der Waals surface area contributed by atoms with Gasteiger partial charge in [-0.1, -0.05) is 64.5 Å². The molecule has 0 radical (unpaired) electrons. The van der Waals surface area contributed by atoms with Crippen LogP contribution < -0.4 is 0 Å². The van der Waals surface area contributed by atoms with Gasteiger partial charge in [-0.15, -0.1) is 0 Å². The molecule has 0 aromatic carbocycles. The summed E-state index contributed by atoms with van der Waals surface area (Å²) in [6, 6.07) is 0. The van der Waals surface area contributed by atoms with Gasteiger partial charge in [-0.05, 0) is 98.9 Å². The fraction of sp³-hybridized carbons (Fsp3) is 0.793. The normalized spacial score (nSPS) is 37.8. The number of aliphatic hydroxyl groups is 2. The van der Waals surface area contributed by atoms with Crippen LogP contribution in [0.25, 0.3) is 0 Å². The van der Waals surface area contributed by atoms with Crippen molar-refractivity contribution < 1.29 is 14.6 Å². The van der Waals surface area contributed by atoms with E-state index in [1.807, 2.05) is 20.8 Å². The van der Waals surface area contributed by atoms with Gasteiger partial charge in [0.1, 0.15) is 5.67 Å². The molecule has 7 atom stereocenters. The Morgan fingerprint density at radius 3 is 2.34 bits per heavy atom. The molecule has 2 N–H and O–H groups in total. The second-order valence-electron chi connectivity index (χ2n) is 12.6. The zero-order valence-corrected chi connectivity index (χ0v) is 21.4. The van der Waals surface area contributed by atoms with Crippen molar-refractivity contribution in [3.8, 4) is 0 Å². The summed E-state index contributed by atoms with van der Waals surface area (Å²) >= 11 is 0. The van der Waals surface area contributed by atoms with Gasteiger partial charge in [-0.2, -0.15) is 0 Å². The molecule has 0 aromatic rings. The van der Waals surface area contributed by atoms with Crippen LogP contribution in [0.3, 0.4) is 0 Å². The minimum absolute atomic E-state index is 0.302. The third-order valence-corrected chi connectivity index (χ3v) is 9.66. The first-order chi connectivity index (χ1) is 14.8. The standard InChI is InChI=1S/C29H47FO2/c1-19(14-16-29(7,30)27(3,4)5)23-12-13-24-22(9-8-15-28(23,24)6)11-10-21-17-25(31)20(2)26(32)18-21/h10-11,19,23-26,31-32H,2,8-9,12-18H2,1,3-7H3/b22-11+/t19-,23?,24?,25-,26-,28-,29?/m1/s1. The van der Waals surface area contributed by atoms with E-state index >= 15 is 4.39 Å². The first-order valence-corrected chi connectivity index (χ1v) is 12.9. The second-order valence-corrected chi connectivity index (χ2v) is 12.6. The molecule has 3 fully saturated rings. The molecule has 0 saturated heterocycles. The van der Waals surface area contributed by atoms with Crippen molar-refractivity contribution in [2.24, 2.45) is 28.6 Å². The minimum atomic E-state index is -1.13. The number of halogens is 1. The predicted octanol–water partition coefficient (Wildman–Crippen LogP) is 7.32. The summed E-state index contributed by atoms with van der Waals surface area (Å²) in [7, 11) is 0. The largest absolute Gasteiger partial charge is 0.388 e. The first-order valence-electron chi connectivity index (χ1n) is 12.9. The van der Waals surface area contributed by atoms with Crippen molar-refractivity contribution in [3.63, 3.8) is 0 Å². The van der Waals surface area contributed by atoms with Crippen molar-refractivity contribution in [2.75, 3.05) is 0 Å². The van der Waals surface area contributed by atoms with E-state index in [-0.39, 0.29) is 5.41 Å². The maximum atomic E-state index is 15.2. The Balaban J connectivity index is 1.70. The van der Waals surface area contributed by atoms with Gasteiger partial charge in [0.05, 0.1) is 12.2 Å². The number of rotatable bonds is 5. The molecule has 0 aromatic heterocycles. The molecule has 3 saturated carbocycles. The molecule has 3 aliphatic rings. The third kappa shape index (κ3) is 5.09. The molecule has 0 aliphatic heterocycles. The zero-order valence-electron chi connectivity index (χ0n) is 21.4. The van der Waals surface area contributed by atoms with Gasteiger partial charge in [0, 0.05) is 0 Å². The molecular formula is C29H47FO2. The van der Waals surface area contributed by atoms with Crippen molar-refractivity contribution >= 4 is 0 Å². The van der Waals surface area contributed by atoms with Crippen LogP contribution in [0.2, 0.25) is 0 Å². The third-order valence-electron chi connectivity index (χ3n) is 9.66. The molecule has 0 spiro atoms. The Morgan fingerprint density at radius 1 is 1.12 bits per heavy atom. The average Bonchev–Trinajstić information content (AvgIpc) is 3.05. The fourth-order valence-electron chi connectivity index (χ4n) is 6.71. The van der Waals surface area contributed by atoms with Gasteiger partial charge in [0.15, 0.2) is 0 Å². The maximum absolute atomic E-state index is 15.2. The summed E-state index contributed by atoms with van der Waals surface area (Å²) in [5.41, 5.74) is 2.04. The summed E-state index contributed by atoms with van der Waals surface area (Å²) in [5.74, 6) is 1.80.